The van der Waals surface area contributed by atoms with Gasteiger partial charge in [0.2, 0.25) is 11.8 Å². The summed E-state index contributed by atoms with van der Waals surface area (Å²) in [4.78, 5) is 50.7. The van der Waals surface area contributed by atoms with Gasteiger partial charge in [-0.2, -0.15) is 0 Å². The van der Waals surface area contributed by atoms with Gasteiger partial charge in [0.15, 0.2) is 0 Å². The number of likely N-dealkylation sites (tertiary alicyclic amines) is 1. The SMILES string of the molecule is C/C=C(\C)[C@@H]1N[C@](CC(=O)OC)(C(=O)OC)[C@@H]2C(=O)N(C)C(=O)[C@@H]21. The second kappa shape index (κ2) is 6.35. The zero-order chi connectivity index (χ0) is 18.2. The molecule has 0 radical (unpaired) electrons. The summed E-state index contributed by atoms with van der Waals surface area (Å²) in [6, 6.07) is -0.537. The first kappa shape index (κ1) is 18.1. The molecule has 8 heteroatoms. The minimum absolute atomic E-state index is 0.376. The molecule has 132 valence electrons. The van der Waals surface area contributed by atoms with Gasteiger partial charge in [0.25, 0.3) is 0 Å². The van der Waals surface area contributed by atoms with E-state index in [0.717, 1.165) is 10.5 Å². The quantitative estimate of drug-likeness (QED) is 0.424. The van der Waals surface area contributed by atoms with E-state index in [1.165, 1.54) is 21.3 Å². The van der Waals surface area contributed by atoms with Gasteiger partial charge in [0.05, 0.1) is 32.5 Å². The summed E-state index contributed by atoms with van der Waals surface area (Å²) in [6.45, 7) is 3.60. The van der Waals surface area contributed by atoms with Crippen molar-refractivity contribution < 1.29 is 28.7 Å². The molecule has 24 heavy (non-hydrogen) atoms. The first-order valence-corrected chi connectivity index (χ1v) is 7.62. The van der Waals surface area contributed by atoms with Crippen molar-refractivity contribution in [3.8, 4) is 0 Å². The number of esters is 2. The largest absolute Gasteiger partial charge is 0.469 e. The predicted octanol–water partition coefficient (Wildman–Crippen LogP) is -0.370. The van der Waals surface area contributed by atoms with Crippen LogP contribution in [0.4, 0.5) is 0 Å². The Balaban J connectivity index is 2.61. The highest BCUT2D eigenvalue weighted by molar-refractivity contribution is 6.10. The predicted molar refractivity (Wildman–Crippen MR) is 82.5 cm³/mol. The topological polar surface area (TPSA) is 102 Å². The molecule has 2 fully saturated rings. The lowest BCUT2D eigenvalue weighted by molar-refractivity contribution is -0.159. The van der Waals surface area contributed by atoms with Crippen molar-refractivity contribution in [3.05, 3.63) is 11.6 Å². The maximum absolute atomic E-state index is 12.6. The molecule has 1 N–H and O–H groups in total. The maximum Gasteiger partial charge on any atom is 0.327 e. The third-order valence-electron chi connectivity index (χ3n) is 5.02. The molecule has 0 aromatic rings. The van der Waals surface area contributed by atoms with Crippen LogP contribution in [-0.2, 0) is 28.7 Å². The molecular formula is C16H22N2O6. The molecule has 8 nitrogen and oxygen atoms in total. The van der Waals surface area contributed by atoms with Crippen LogP contribution in [0.25, 0.3) is 0 Å². The molecule has 0 spiro atoms. The van der Waals surface area contributed by atoms with E-state index in [9.17, 15) is 19.2 Å². The van der Waals surface area contributed by atoms with Gasteiger partial charge >= 0.3 is 11.9 Å². The number of imide groups is 1. The molecule has 0 aromatic carbocycles. The van der Waals surface area contributed by atoms with Gasteiger partial charge in [0, 0.05) is 13.1 Å². The third kappa shape index (κ3) is 2.41. The van der Waals surface area contributed by atoms with E-state index in [1.54, 1.807) is 19.9 Å². The van der Waals surface area contributed by atoms with E-state index in [-0.39, 0.29) is 5.91 Å². The number of fused-ring (bicyclic) bond motifs is 1. The smallest absolute Gasteiger partial charge is 0.327 e. The molecule has 0 unspecified atom stereocenters. The van der Waals surface area contributed by atoms with Crippen LogP contribution in [0, 0.1) is 11.8 Å². The monoisotopic (exact) mass is 338 g/mol. The molecule has 2 heterocycles. The second-order valence-electron chi connectivity index (χ2n) is 6.11. The molecule has 2 aliphatic heterocycles. The summed E-state index contributed by atoms with van der Waals surface area (Å²) in [7, 11) is 3.76. The van der Waals surface area contributed by atoms with Gasteiger partial charge in [-0.05, 0) is 13.8 Å². The second-order valence-corrected chi connectivity index (χ2v) is 6.11. The number of ether oxygens (including phenoxy) is 2. The van der Waals surface area contributed by atoms with Gasteiger partial charge in [-0.15, -0.1) is 0 Å². The van der Waals surface area contributed by atoms with Crippen LogP contribution in [0.3, 0.4) is 0 Å². The molecule has 2 aliphatic rings. The molecule has 0 bridgehead atoms. The van der Waals surface area contributed by atoms with Crippen molar-refractivity contribution in [2.45, 2.75) is 31.8 Å². The first-order valence-electron chi connectivity index (χ1n) is 7.62. The van der Waals surface area contributed by atoms with Crippen molar-refractivity contribution in [1.82, 2.24) is 10.2 Å². The third-order valence-corrected chi connectivity index (χ3v) is 5.02. The minimum atomic E-state index is -1.63. The Bertz CT molecular complexity index is 628. The molecule has 0 aliphatic carbocycles. The highest BCUT2D eigenvalue weighted by Gasteiger charge is 2.68. The van der Waals surface area contributed by atoms with Crippen LogP contribution < -0.4 is 5.32 Å². The van der Waals surface area contributed by atoms with Crippen LogP contribution >= 0.6 is 0 Å². The Kier molecular flexibility index (Phi) is 4.80. The van der Waals surface area contributed by atoms with Crippen LogP contribution in [0.5, 0.6) is 0 Å². The summed E-state index contributed by atoms with van der Waals surface area (Å²) < 4.78 is 9.54. The number of nitrogens with zero attached hydrogens (tertiary/aromatic N) is 1. The van der Waals surface area contributed by atoms with Crippen molar-refractivity contribution in [1.29, 1.82) is 0 Å². The van der Waals surface area contributed by atoms with Gasteiger partial charge in [0.1, 0.15) is 5.54 Å². The number of allylic oxidation sites excluding steroid dienone is 1. The fourth-order valence-corrected chi connectivity index (χ4v) is 3.62. The van der Waals surface area contributed by atoms with Gasteiger partial charge < -0.3 is 9.47 Å². The maximum atomic E-state index is 12.6. The number of methoxy groups -OCH3 is 2. The number of carbonyl (C=O) groups is 4. The molecule has 2 rings (SSSR count). The average molecular weight is 338 g/mol. The Hall–Kier alpha value is -2.22. The lowest BCUT2D eigenvalue weighted by Crippen LogP contribution is -2.58. The molecule has 2 amide bonds. The standard InChI is InChI=1S/C16H22N2O6/c1-6-8(2)12-10-11(14(21)18(3)13(10)20)16(17-12,15(22)24-5)7-9(19)23-4/h6,10-12,17H,7H2,1-5H3/b8-6+/t10-,11-,12-,16-/m0/s1. The van der Waals surface area contributed by atoms with Gasteiger partial charge in [-0.3, -0.25) is 29.4 Å². The number of carbonyl (C=O) groups excluding carboxylic acids is 4. The summed E-state index contributed by atoms with van der Waals surface area (Å²) in [5.74, 6) is -4.08. The Labute approximate surface area is 140 Å². The Morgan fingerprint density at radius 2 is 1.88 bits per heavy atom. The molecule has 0 aromatic heterocycles. The summed E-state index contributed by atoms with van der Waals surface area (Å²) in [5.41, 5.74) is -0.823. The minimum Gasteiger partial charge on any atom is -0.469 e. The lowest BCUT2D eigenvalue weighted by atomic mass is 9.77. The van der Waals surface area contributed by atoms with Crippen LogP contribution in [0.2, 0.25) is 0 Å². The summed E-state index contributed by atoms with van der Waals surface area (Å²) >= 11 is 0. The van der Waals surface area contributed by atoms with Crippen LogP contribution in [0.1, 0.15) is 20.3 Å². The van der Waals surface area contributed by atoms with E-state index in [0.29, 0.717) is 0 Å². The molecule has 4 atom stereocenters. The zero-order valence-electron chi connectivity index (χ0n) is 14.4. The average Bonchev–Trinajstić information content (AvgIpc) is 3.03. The van der Waals surface area contributed by atoms with E-state index < -0.39 is 47.7 Å². The fourth-order valence-electron chi connectivity index (χ4n) is 3.62. The Morgan fingerprint density at radius 3 is 2.38 bits per heavy atom. The van der Waals surface area contributed by atoms with Crippen molar-refractivity contribution in [2.75, 3.05) is 21.3 Å². The van der Waals surface area contributed by atoms with Gasteiger partial charge in [-0.25, -0.2) is 0 Å². The summed E-state index contributed by atoms with van der Waals surface area (Å²) in [5, 5.41) is 3.04. The molecular weight excluding hydrogens is 316 g/mol. The van der Waals surface area contributed by atoms with Crippen LogP contribution in [0.15, 0.2) is 11.6 Å². The lowest BCUT2D eigenvalue weighted by Gasteiger charge is -2.31. The summed E-state index contributed by atoms with van der Waals surface area (Å²) in [6.07, 6.45) is 1.41. The molecule has 2 saturated heterocycles. The normalized spacial score (nSPS) is 32.8. The van der Waals surface area contributed by atoms with E-state index in [4.69, 9.17) is 4.74 Å². The van der Waals surface area contributed by atoms with E-state index in [2.05, 4.69) is 10.1 Å². The highest BCUT2D eigenvalue weighted by atomic mass is 16.5. The number of rotatable bonds is 4. The number of amides is 2. The Morgan fingerprint density at radius 1 is 1.25 bits per heavy atom. The van der Waals surface area contributed by atoms with Crippen LogP contribution in [-0.4, -0.2) is 61.5 Å². The van der Waals surface area contributed by atoms with Gasteiger partial charge in [-0.1, -0.05) is 11.6 Å². The highest BCUT2D eigenvalue weighted by Crippen LogP contribution is 2.46. The van der Waals surface area contributed by atoms with Crippen molar-refractivity contribution in [2.24, 2.45) is 11.8 Å². The number of nitrogens with one attached hydrogen (secondary N) is 1. The number of hydrogen-bond donors (Lipinski definition) is 1. The van der Waals surface area contributed by atoms with E-state index >= 15 is 0 Å². The number of hydrogen-bond acceptors (Lipinski definition) is 7. The van der Waals surface area contributed by atoms with Crippen molar-refractivity contribution >= 4 is 23.8 Å². The zero-order valence-corrected chi connectivity index (χ0v) is 14.4. The van der Waals surface area contributed by atoms with Crippen molar-refractivity contribution in [3.63, 3.8) is 0 Å². The first-order chi connectivity index (χ1) is 11.2. The fraction of sp³-hybridized carbons (Fsp3) is 0.625. The molecule has 0 saturated carbocycles. The van der Waals surface area contributed by atoms with E-state index in [1.807, 2.05) is 0 Å².